The largest absolute Gasteiger partial charge is 0.323 e. The summed E-state index contributed by atoms with van der Waals surface area (Å²) in [6.07, 6.45) is 2.62. The number of fused-ring (bicyclic) bond motifs is 1. The average Bonchev–Trinajstić information content (AvgIpc) is 3.05. The molecule has 0 saturated carbocycles. The summed E-state index contributed by atoms with van der Waals surface area (Å²) >= 11 is 12.3. The van der Waals surface area contributed by atoms with E-state index < -0.39 is 0 Å². The highest BCUT2D eigenvalue weighted by molar-refractivity contribution is 6.35. The Morgan fingerprint density at radius 2 is 2.05 bits per heavy atom. The molecule has 0 bridgehead atoms. The van der Waals surface area contributed by atoms with Crippen molar-refractivity contribution in [3.8, 4) is 0 Å². The van der Waals surface area contributed by atoms with Crippen LogP contribution in [0.4, 0.5) is 0 Å². The average molecular weight is 312 g/mol. The molecule has 1 aromatic heterocycles. The van der Waals surface area contributed by atoms with Crippen molar-refractivity contribution in [1.82, 2.24) is 14.5 Å². The molecule has 1 aliphatic rings. The molecule has 1 atom stereocenters. The number of benzene rings is 1. The molecular formula is C15H19Cl2N3. The van der Waals surface area contributed by atoms with E-state index in [0.717, 1.165) is 23.4 Å². The minimum atomic E-state index is 0.352. The molecule has 1 aliphatic heterocycles. The number of hydrogen-bond acceptors (Lipinski definition) is 2. The van der Waals surface area contributed by atoms with Gasteiger partial charge in [-0.05, 0) is 45.0 Å². The number of aromatic nitrogens is 2. The first-order chi connectivity index (χ1) is 9.70. The molecule has 3 rings (SSSR count). The van der Waals surface area contributed by atoms with Crippen LogP contribution < -0.4 is 0 Å². The van der Waals surface area contributed by atoms with E-state index in [2.05, 4.69) is 27.4 Å². The fourth-order valence-electron chi connectivity index (χ4n) is 3.14. The first-order valence-electron chi connectivity index (χ1n) is 7.14. The Bertz CT molecular complexity index is 602. The van der Waals surface area contributed by atoms with Gasteiger partial charge in [0.1, 0.15) is 11.3 Å². The van der Waals surface area contributed by atoms with Crippen molar-refractivity contribution in [2.75, 3.05) is 19.6 Å². The molecular weight excluding hydrogens is 293 g/mol. The summed E-state index contributed by atoms with van der Waals surface area (Å²) in [6.45, 7) is 5.68. The van der Waals surface area contributed by atoms with E-state index in [1.807, 2.05) is 12.1 Å². The summed E-state index contributed by atoms with van der Waals surface area (Å²) in [6, 6.07) is 6.28. The molecule has 108 valence electrons. The molecule has 2 aromatic rings. The molecule has 0 aliphatic carbocycles. The van der Waals surface area contributed by atoms with Gasteiger partial charge in [0, 0.05) is 12.6 Å². The summed E-state index contributed by atoms with van der Waals surface area (Å²) in [4.78, 5) is 7.12. The van der Waals surface area contributed by atoms with Crippen LogP contribution in [0.15, 0.2) is 18.2 Å². The smallest absolute Gasteiger partial charge is 0.125 e. The van der Waals surface area contributed by atoms with Crippen molar-refractivity contribution in [3.05, 3.63) is 29.0 Å². The van der Waals surface area contributed by atoms with Crippen LogP contribution in [0, 0.1) is 0 Å². The SMILES string of the molecule is CC(CN1CCCC1)n1c(CCl)nc2c(Cl)cccc21. The van der Waals surface area contributed by atoms with Crippen LogP contribution in [-0.4, -0.2) is 34.1 Å². The number of rotatable bonds is 4. The van der Waals surface area contributed by atoms with Crippen molar-refractivity contribution in [2.24, 2.45) is 0 Å². The zero-order valence-electron chi connectivity index (χ0n) is 11.6. The van der Waals surface area contributed by atoms with Crippen LogP contribution in [-0.2, 0) is 5.88 Å². The van der Waals surface area contributed by atoms with Crippen molar-refractivity contribution in [3.63, 3.8) is 0 Å². The third kappa shape index (κ3) is 2.54. The number of likely N-dealkylation sites (tertiary alicyclic amines) is 1. The van der Waals surface area contributed by atoms with E-state index in [1.165, 1.54) is 25.9 Å². The monoisotopic (exact) mass is 311 g/mol. The van der Waals surface area contributed by atoms with Gasteiger partial charge in [-0.1, -0.05) is 17.7 Å². The van der Waals surface area contributed by atoms with Gasteiger partial charge in [-0.3, -0.25) is 0 Å². The normalized spacial score (nSPS) is 17.9. The third-order valence-electron chi connectivity index (χ3n) is 4.03. The second-order valence-electron chi connectivity index (χ2n) is 5.50. The Balaban J connectivity index is 1.98. The van der Waals surface area contributed by atoms with Gasteiger partial charge in [0.25, 0.3) is 0 Å². The lowest BCUT2D eigenvalue weighted by atomic mass is 10.2. The lowest BCUT2D eigenvalue weighted by Gasteiger charge is -2.23. The fourth-order valence-corrected chi connectivity index (χ4v) is 3.54. The molecule has 3 nitrogen and oxygen atoms in total. The number of nitrogens with zero attached hydrogens (tertiary/aromatic N) is 3. The van der Waals surface area contributed by atoms with Crippen LogP contribution >= 0.6 is 23.2 Å². The highest BCUT2D eigenvalue weighted by Gasteiger charge is 2.20. The number of halogens is 2. The number of alkyl halides is 1. The first-order valence-corrected chi connectivity index (χ1v) is 8.05. The van der Waals surface area contributed by atoms with E-state index in [-0.39, 0.29) is 0 Å². The van der Waals surface area contributed by atoms with Crippen LogP contribution in [0.3, 0.4) is 0 Å². The predicted molar refractivity (Wildman–Crippen MR) is 84.7 cm³/mol. The zero-order valence-corrected chi connectivity index (χ0v) is 13.2. The van der Waals surface area contributed by atoms with Crippen LogP contribution in [0.5, 0.6) is 0 Å². The Kier molecular flexibility index (Phi) is 4.20. The molecule has 1 fully saturated rings. The highest BCUT2D eigenvalue weighted by Crippen LogP contribution is 2.28. The molecule has 5 heteroatoms. The topological polar surface area (TPSA) is 21.1 Å². The molecule has 1 unspecified atom stereocenters. The number of hydrogen-bond donors (Lipinski definition) is 0. The summed E-state index contributed by atoms with van der Waals surface area (Å²) in [7, 11) is 0. The minimum Gasteiger partial charge on any atom is -0.323 e. The molecule has 1 saturated heterocycles. The van der Waals surface area contributed by atoms with E-state index in [0.29, 0.717) is 16.9 Å². The number of para-hydroxylation sites is 1. The second-order valence-corrected chi connectivity index (χ2v) is 6.17. The maximum Gasteiger partial charge on any atom is 0.125 e. The summed E-state index contributed by atoms with van der Waals surface area (Å²) in [5.74, 6) is 1.32. The zero-order chi connectivity index (χ0) is 14.1. The van der Waals surface area contributed by atoms with Crippen molar-refractivity contribution >= 4 is 34.2 Å². The van der Waals surface area contributed by atoms with Gasteiger partial charge in [0.15, 0.2) is 0 Å². The molecule has 2 heterocycles. The summed E-state index contributed by atoms with van der Waals surface area (Å²) in [5, 5.41) is 0.695. The van der Waals surface area contributed by atoms with Gasteiger partial charge in [-0.25, -0.2) is 4.98 Å². The summed E-state index contributed by atoms with van der Waals surface area (Å²) < 4.78 is 2.24. The highest BCUT2D eigenvalue weighted by atomic mass is 35.5. The van der Waals surface area contributed by atoms with Gasteiger partial charge in [-0.2, -0.15) is 0 Å². The Hall–Kier alpha value is -0.770. The van der Waals surface area contributed by atoms with Gasteiger partial charge < -0.3 is 9.47 Å². The van der Waals surface area contributed by atoms with E-state index in [1.54, 1.807) is 0 Å². The minimum absolute atomic E-state index is 0.352. The summed E-state index contributed by atoms with van der Waals surface area (Å²) in [5.41, 5.74) is 1.94. The third-order valence-corrected chi connectivity index (χ3v) is 4.57. The molecule has 0 spiro atoms. The van der Waals surface area contributed by atoms with Gasteiger partial charge in [-0.15, -0.1) is 11.6 Å². The second kappa shape index (κ2) is 5.92. The molecule has 20 heavy (non-hydrogen) atoms. The molecule has 0 amide bonds. The van der Waals surface area contributed by atoms with Crippen molar-refractivity contribution in [1.29, 1.82) is 0 Å². The van der Waals surface area contributed by atoms with Crippen LogP contribution in [0.1, 0.15) is 31.6 Å². The molecule has 1 aromatic carbocycles. The van der Waals surface area contributed by atoms with Crippen molar-refractivity contribution in [2.45, 2.75) is 31.7 Å². The van der Waals surface area contributed by atoms with E-state index >= 15 is 0 Å². The molecule has 0 N–H and O–H groups in total. The Labute approximate surface area is 129 Å². The van der Waals surface area contributed by atoms with Gasteiger partial charge in [0.05, 0.1) is 16.4 Å². The van der Waals surface area contributed by atoms with Gasteiger partial charge >= 0.3 is 0 Å². The quantitative estimate of drug-likeness (QED) is 0.793. The van der Waals surface area contributed by atoms with E-state index in [9.17, 15) is 0 Å². The lowest BCUT2D eigenvalue weighted by Crippen LogP contribution is -2.27. The van der Waals surface area contributed by atoms with Gasteiger partial charge in [0.2, 0.25) is 0 Å². The van der Waals surface area contributed by atoms with E-state index in [4.69, 9.17) is 23.2 Å². The maximum absolute atomic E-state index is 6.24. The first kappa shape index (κ1) is 14.2. The standard InChI is InChI=1S/C15H19Cl2N3/c1-11(10-19-7-2-3-8-19)20-13-6-4-5-12(17)15(13)18-14(20)9-16/h4-6,11H,2-3,7-10H2,1H3. The predicted octanol–water partition coefficient (Wildman–Crippen LogP) is 4.09. The lowest BCUT2D eigenvalue weighted by molar-refractivity contribution is 0.288. The van der Waals surface area contributed by atoms with Crippen LogP contribution in [0.25, 0.3) is 11.0 Å². The Morgan fingerprint density at radius 1 is 1.30 bits per heavy atom. The Morgan fingerprint density at radius 3 is 2.75 bits per heavy atom. The maximum atomic E-state index is 6.24. The fraction of sp³-hybridized carbons (Fsp3) is 0.533. The van der Waals surface area contributed by atoms with Crippen LogP contribution in [0.2, 0.25) is 5.02 Å². The molecule has 0 radical (unpaired) electrons. The number of imidazole rings is 1. The van der Waals surface area contributed by atoms with Crippen molar-refractivity contribution < 1.29 is 0 Å².